The van der Waals surface area contributed by atoms with E-state index in [1.165, 1.54) is 6.33 Å². The molecule has 0 saturated carbocycles. The number of benzene rings is 1. The molecule has 1 atom stereocenters. The maximum atomic E-state index is 12.6. The number of carbonyl (C=O) groups is 2. The zero-order chi connectivity index (χ0) is 22.5. The van der Waals surface area contributed by atoms with Crippen LogP contribution in [-0.4, -0.2) is 64.9 Å². The maximum Gasteiger partial charge on any atom is 0.227 e. The van der Waals surface area contributed by atoms with Gasteiger partial charge in [0.05, 0.1) is 30.7 Å². The van der Waals surface area contributed by atoms with Crippen LogP contribution in [0.2, 0.25) is 5.02 Å². The van der Waals surface area contributed by atoms with E-state index in [-0.39, 0.29) is 18.2 Å². The van der Waals surface area contributed by atoms with Crippen molar-refractivity contribution in [2.75, 3.05) is 43.6 Å². The zero-order valence-corrected chi connectivity index (χ0v) is 18.4. The van der Waals surface area contributed by atoms with Gasteiger partial charge in [-0.25, -0.2) is 14.6 Å². The van der Waals surface area contributed by atoms with Gasteiger partial charge in [-0.1, -0.05) is 11.6 Å². The molecule has 32 heavy (non-hydrogen) atoms. The van der Waals surface area contributed by atoms with E-state index < -0.39 is 5.92 Å². The fourth-order valence-electron chi connectivity index (χ4n) is 3.65. The highest BCUT2D eigenvalue weighted by Crippen LogP contribution is 2.26. The zero-order valence-electron chi connectivity index (χ0n) is 17.6. The predicted molar refractivity (Wildman–Crippen MR) is 121 cm³/mol. The highest BCUT2D eigenvalue weighted by Gasteiger charge is 2.34. The molecule has 1 aliphatic rings. The highest BCUT2D eigenvalue weighted by molar-refractivity contribution is 6.30. The van der Waals surface area contributed by atoms with Crippen molar-refractivity contribution >= 4 is 46.0 Å². The minimum Gasteiger partial charge on any atom is -0.383 e. The Kier molecular flexibility index (Phi) is 6.81. The first-order valence-electron chi connectivity index (χ1n) is 10.3. The van der Waals surface area contributed by atoms with E-state index in [9.17, 15) is 9.59 Å². The summed E-state index contributed by atoms with van der Waals surface area (Å²) < 4.78 is 6.77. The molecule has 168 valence electrons. The molecular formula is C21H24ClN7O3. The fraction of sp³-hybridized carbons (Fsp3) is 0.381. The van der Waals surface area contributed by atoms with Crippen LogP contribution in [0, 0.1) is 5.92 Å². The van der Waals surface area contributed by atoms with Crippen LogP contribution >= 0.6 is 11.6 Å². The number of fused-ring (bicyclic) bond motifs is 1. The van der Waals surface area contributed by atoms with Gasteiger partial charge in [0.1, 0.15) is 12.1 Å². The van der Waals surface area contributed by atoms with Gasteiger partial charge in [-0.2, -0.15) is 5.10 Å². The number of aromatic nitrogens is 4. The number of amides is 2. The van der Waals surface area contributed by atoms with Crippen molar-refractivity contribution in [3.8, 4) is 0 Å². The van der Waals surface area contributed by atoms with Crippen molar-refractivity contribution in [1.82, 2.24) is 25.1 Å². The number of methoxy groups -OCH3 is 1. The minimum absolute atomic E-state index is 0.0734. The number of halogens is 1. The van der Waals surface area contributed by atoms with Crippen LogP contribution in [0.1, 0.15) is 6.42 Å². The summed E-state index contributed by atoms with van der Waals surface area (Å²) in [5, 5.41) is 11.9. The average molecular weight is 458 g/mol. The number of hydrogen-bond acceptors (Lipinski definition) is 7. The van der Waals surface area contributed by atoms with Crippen molar-refractivity contribution in [3.63, 3.8) is 0 Å². The Labute approximate surface area is 189 Å². The monoisotopic (exact) mass is 457 g/mol. The number of rotatable bonds is 9. The van der Waals surface area contributed by atoms with Gasteiger partial charge >= 0.3 is 0 Å². The summed E-state index contributed by atoms with van der Waals surface area (Å²) in [6.07, 6.45) is 3.36. The van der Waals surface area contributed by atoms with E-state index in [1.807, 2.05) is 0 Å². The summed E-state index contributed by atoms with van der Waals surface area (Å²) >= 11 is 5.92. The van der Waals surface area contributed by atoms with Crippen LogP contribution in [-0.2, 0) is 20.9 Å². The number of nitrogens with one attached hydrogen (secondary N) is 2. The Morgan fingerprint density at radius 1 is 1.25 bits per heavy atom. The smallest absolute Gasteiger partial charge is 0.227 e. The lowest BCUT2D eigenvalue weighted by molar-refractivity contribution is -0.126. The second kappa shape index (κ2) is 9.92. The van der Waals surface area contributed by atoms with Gasteiger partial charge in [0.25, 0.3) is 0 Å². The predicted octanol–water partition coefficient (Wildman–Crippen LogP) is 1.71. The third-order valence-electron chi connectivity index (χ3n) is 5.29. The van der Waals surface area contributed by atoms with Crippen molar-refractivity contribution < 1.29 is 14.3 Å². The van der Waals surface area contributed by atoms with Crippen LogP contribution in [0.5, 0.6) is 0 Å². The van der Waals surface area contributed by atoms with Gasteiger partial charge in [-0.05, 0) is 24.3 Å². The van der Waals surface area contributed by atoms with Crippen LogP contribution in [0.4, 0.5) is 11.5 Å². The van der Waals surface area contributed by atoms with Crippen LogP contribution in [0.15, 0.2) is 36.8 Å². The van der Waals surface area contributed by atoms with Crippen LogP contribution < -0.4 is 15.5 Å². The second-order valence-corrected chi connectivity index (χ2v) is 7.86. The van der Waals surface area contributed by atoms with Crippen molar-refractivity contribution in [3.05, 3.63) is 41.8 Å². The molecule has 0 spiro atoms. The summed E-state index contributed by atoms with van der Waals surface area (Å²) in [6, 6.07) is 7.02. The van der Waals surface area contributed by atoms with Crippen molar-refractivity contribution in [2.45, 2.75) is 13.0 Å². The van der Waals surface area contributed by atoms with Crippen molar-refractivity contribution in [2.24, 2.45) is 5.92 Å². The molecule has 0 aliphatic carbocycles. The maximum absolute atomic E-state index is 12.6. The number of hydrogen-bond donors (Lipinski definition) is 2. The number of ether oxygens (including phenoxy) is 1. The van der Waals surface area contributed by atoms with E-state index in [4.69, 9.17) is 16.3 Å². The molecule has 1 unspecified atom stereocenters. The highest BCUT2D eigenvalue weighted by atomic mass is 35.5. The SMILES string of the molecule is COCCNc1ncnc2c1cnn2CCNC(=O)C1CC(=O)N(c2ccc(Cl)cc2)C1. The molecule has 10 nitrogen and oxygen atoms in total. The van der Waals surface area contributed by atoms with Crippen LogP contribution in [0.3, 0.4) is 0 Å². The van der Waals surface area contributed by atoms with Gasteiger partial charge in [0, 0.05) is 43.9 Å². The van der Waals surface area contributed by atoms with E-state index in [2.05, 4.69) is 25.7 Å². The molecule has 1 aromatic carbocycles. The number of nitrogens with zero attached hydrogens (tertiary/aromatic N) is 5. The molecule has 0 radical (unpaired) electrons. The molecule has 3 heterocycles. The molecule has 1 fully saturated rings. The third kappa shape index (κ3) is 4.81. The topological polar surface area (TPSA) is 114 Å². The Morgan fingerprint density at radius 3 is 2.84 bits per heavy atom. The fourth-order valence-corrected chi connectivity index (χ4v) is 3.78. The summed E-state index contributed by atoms with van der Waals surface area (Å²) in [5.74, 6) is 0.0686. The molecule has 2 amide bonds. The first-order valence-corrected chi connectivity index (χ1v) is 10.7. The molecule has 2 aromatic heterocycles. The lowest BCUT2D eigenvalue weighted by atomic mass is 10.1. The summed E-state index contributed by atoms with van der Waals surface area (Å²) in [4.78, 5) is 35.2. The first-order chi connectivity index (χ1) is 15.6. The van der Waals surface area contributed by atoms with E-state index in [0.29, 0.717) is 49.3 Å². The third-order valence-corrected chi connectivity index (χ3v) is 5.54. The van der Waals surface area contributed by atoms with Gasteiger partial charge in [-0.3, -0.25) is 9.59 Å². The number of anilines is 2. The normalized spacial score (nSPS) is 16.0. The quantitative estimate of drug-likeness (QED) is 0.470. The number of carbonyl (C=O) groups excluding carboxylic acids is 2. The van der Waals surface area contributed by atoms with E-state index in [0.717, 1.165) is 11.1 Å². The first kappa shape index (κ1) is 22.0. The molecule has 3 aromatic rings. The Balaban J connectivity index is 1.32. The lowest BCUT2D eigenvalue weighted by Gasteiger charge is -2.16. The molecule has 0 bridgehead atoms. The molecule has 2 N–H and O–H groups in total. The average Bonchev–Trinajstić information content (AvgIpc) is 3.39. The van der Waals surface area contributed by atoms with Gasteiger partial charge in [0.2, 0.25) is 11.8 Å². The molecule has 4 rings (SSSR count). The van der Waals surface area contributed by atoms with Crippen LogP contribution in [0.25, 0.3) is 11.0 Å². The Hall–Kier alpha value is -3.24. The van der Waals surface area contributed by atoms with Gasteiger partial charge in [-0.15, -0.1) is 0 Å². The molecule has 11 heteroatoms. The minimum atomic E-state index is -0.397. The molecule has 1 saturated heterocycles. The van der Waals surface area contributed by atoms with Crippen molar-refractivity contribution in [1.29, 1.82) is 0 Å². The van der Waals surface area contributed by atoms with E-state index in [1.54, 1.807) is 47.2 Å². The largest absolute Gasteiger partial charge is 0.383 e. The standard InChI is InChI=1S/C21H24ClN7O3/c1-32-9-7-23-19-17-11-27-29(20(17)26-13-25-19)8-6-24-21(31)14-10-18(30)28(12-14)16-4-2-15(22)3-5-16/h2-5,11,13-14H,6-10,12H2,1H3,(H,24,31)(H,23,25,26). The summed E-state index contributed by atoms with van der Waals surface area (Å²) in [7, 11) is 1.64. The van der Waals surface area contributed by atoms with E-state index >= 15 is 0 Å². The van der Waals surface area contributed by atoms with Gasteiger partial charge in [0.15, 0.2) is 5.65 Å². The molecular weight excluding hydrogens is 434 g/mol. The second-order valence-electron chi connectivity index (χ2n) is 7.42. The molecule has 1 aliphatic heterocycles. The lowest BCUT2D eigenvalue weighted by Crippen LogP contribution is -2.35. The van der Waals surface area contributed by atoms with Gasteiger partial charge < -0.3 is 20.3 Å². The summed E-state index contributed by atoms with van der Waals surface area (Å²) in [6.45, 7) is 2.35. The Morgan fingerprint density at radius 2 is 2.06 bits per heavy atom. The summed E-state index contributed by atoms with van der Waals surface area (Å²) in [5.41, 5.74) is 1.42. The Bertz CT molecular complexity index is 1100.